The van der Waals surface area contributed by atoms with Crippen LogP contribution in [0, 0.1) is 0 Å². The Morgan fingerprint density at radius 2 is 1.96 bits per heavy atom. The molecule has 2 heterocycles. The molecule has 0 unspecified atom stereocenters. The van der Waals surface area contributed by atoms with E-state index in [1.807, 2.05) is 23.6 Å². The first kappa shape index (κ1) is 17.4. The van der Waals surface area contributed by atoms with Crippen molar-refractivity contribution < 1.29 is 9.21 Å². The first-order valence-corrected chi connectivity index (χ1v) is 9.66. The number of para-hydroxylation sites is 2. The molecule has 0 bridgehead atoms. The number of aromatic nitrogens is 1. The number of fused-ring (bicyclic) bond motifs is 2. The van der Waals surface area contributed by atoms with Crippen LogP contribution in [0.15, 0.2) is 62.9 Å². The predicted molar refractivity (Wildman–Crippen MR) is 107 cm³/mol. The van der Waals surface area contributed by atoms with Gasteiger partial charge in [-0.15, -0.1) is 0 Å². The Bertz CT molecular complexity index is 1290. The van der Waals surface area contributed by atoms with Crippen molar-refractivity contribution >= 4 is 38.4 Å². The zero-order valence-corrected chi connectivity index (χ0v) is 15.9. The average molecular weight is 378 g/mol. The number of aryl methyl sites for hydroxylation is 2. The molecule has 4 rings (SSSR count). The van der Waals surface area contributed by atoms with E-state index in [0.717, 1.165) is 16.6 Å². The zero-order chi connectivity index (χ0) is 19.0. The first-order chi connectivity index (χ1) is 13.1. The Balaban J connectivity index is 1.91. The number of amides is 1. The van der Waals surface area contributed by atoms with E-state index in [9.17, 15) is 9.59 Å². The molecule has 0 atom stereocenters. The number of hydrogen-bond donors (Lipinski definition) is 0. The summed E-state index contributed by atoms with van der Waals surface area (Å²) in [5.74, 6) is -0.582. The Labute approximate surface area is 159 Å². The quantitative estimate of drug-likeness (QED) is 0.538. The van der Waals surface area contributed by atoms with Gasteiger partial charge in [0.1, 0.15) is 17.4 Å². The van der Waals surface area contributed by atoms with Gasteiger partial charge in [0, 0.05) is 6.54 Å². The van der Waals surface area contributed by atoms with Crippen molar-refractivity contribution in [2.75, 3.05) is 0 Å². The van der Waals surface area contributed by atoms with Crippen LogP contribution >= 0.6 is 11.3 Å². The molecule has 4 aromatic rings. The summed E-state index contributed by atoms with van der Waals surface area (Å²) in [6.07, 6.45) is 2.10. The summed E-state index contributed by atoms with van der Waals surface area (Å²) in [5, 5.41) is 0.381. The number of hydrogen-bond acceptors (Lipinski definition) is 4. The normalized spacial score (nSPS) is 12.1. The molecule has 27 heavy (non-hydrogen) atoms. The fraction of sp³-hybridized carbons (Fsp3) is 0.190. The van der Waals surface area contributed by atoms with Crippen LogP contribution in [0.2, 0.25) is 0 Å². The number of carbonyl (C=O) groups is 1. The molecule has 2 aromatic heterocycles. The lowest BCUT2D eigenvalue weighted by Gasteiger charge is -2.05. The highest BCUT2D eigenvalue weighted by Crippen LogP contribution is 2.22. The van der Waals surface area contributed by atoms with Crippen molar-refractivity contribution in [3.63, 3.8) is 0 Å². The summed E-state index contributed by atoms with van der Waals surface area (Å²) < 4.78 is 8.55. The average Bonchev–Trinajstić information content (AvgIpc) is 3.05. The molecule has 0 saturated heterocycles. The molecule has 0 aliphatic carbocycles. The summed E-state index contributed by atoms with van der Waals surface area (Å²) in [6, 6.07) is 13.0. The van der Waals surface area contributed by atoms with E-state index in [2.05, 4.69) is 18.0 Å². The molecule has 1 amide bonds. The van der Waals surface area contributed by atoms with Crippen molar-refractivity contribution in [2.24, 2.45) is 4.99 Å². The summed E-state index contributed by atoms with van der Waals surface area (Å²) in [6.45, 7) is 4.82. The third-order valence-corrected chi connectivity index (χ3v) is 5.63. The molecule has 2 aromatic carbocycles. The molecule has 0 spiro atoms. The number of rotatable bonds is 3. The fourth-order valence-corrected chi connectivity index (χ4v) is 4.38. The minimum absolute atomic E-state index is 0.0514. The second-order valence-electron chi connectivity index (χ2n) is 6.14. The van der Waals surface area contributed by atoms with Gasteiger partial charge in [-0.05, 0) is 37.1 Å². The molecular weight excluding hydrogens is 360 g/mol. The van der Waals surface area contributed by atoms with Gasteiger partial charge in [0.25, 0.3) is 5.91 Å². The van der Waals surface area contributed by atoms with Gasteiger partial charge in [0.2, 0.25) is 5.43 Å². The van der Waals surface area contributed by atoms with E-state index in [4.69, 9.17) is 4.42 Å². The van der Waals surface area contributed by atoms with Crippen LogP contribution in [0.5, 0.6) is 0 Å². The molecule has 5 nitrogen and oxygen atoms in total. The van der Waals surface area contributed by atoms with Crippen LogP contribution in [-0.4, -0.2) is 10.5 Å². The number of nitrogens with zero attached hydrogens (tertiary/aromatic N) is 2. The van der Waals surface area contributed by atoms with Gasteiger partial charge in [-0.3, -0.25) is 9.59 Å². The fourth-order valence-electron chi connectivity index (χ4n) is 3.24. The molecule has 0 radical (unpaired) electrons. The number of thiazole rings is 1. The standard InChI is InChI=1S/C21H18N2O3S/c1-3-13-8-7-11-17-18(13)23(4-2)21(27-17)22-20(25)15-12-26-16-10-6-5-9-14(16)19(15)24/h5-12H,3-4H2,1-2H3. The molecule has 136 valence electrons. The van der Waals surface area contributed by atoms with Gasteiger partial charge < -0.3 is 8.98 Å². The van der Waals surface area contributed by atoms with Crippen LogP contribution in [0.25, 0.3) is 21.2 Å². The summed E-state index contributed by atoms with van der Waals surface area (Å²) in [7, 11) is 0. The largest absolute Gasteiger partial charge is 0.463 e. The summed E-state index contributed by atoms with van der Waals surface area (Å²) >= 11 is 1.45. The van der Waals surface area contributed by atoms with Crippen LogP contribution in [-0.2, 0) is 13.0 Å². The molecule has 0 aliphatic rings. The number of carbonyl (C=O) groups excluding carboxylic acids is 1. The maximum Gasteiger partial charge on any atom is 0.286 e. The van der Waals surface area contributed by atoms with Crippen LogP contribution < -0.4 is 10.2 Å². The maximum atomic E-state index is 12.7. The van der Waals surface area contributed by atoms with Crippen molar-refractivity contribution in [3.8, 4) is 0 Å². The molecular formula is C21H18N2O3S. The van der Waals surface area contributed by atoms with E-state index in [-0.39, 0.29) is 11.0 Å². The topological polar surface area (TPSA) is 64.6 Å². The van der Waals surface area contributed by atoms with Crippen LogP contribution in [0.4, 0.5) is 0 Å². The molecule has 0 saturated carbocycles. The Morgan fingerprint density at radius 3 is 2.74 bits per heavy atom. The van der Waals surface area contributed by atoms with E-state index in [1.54, 1.807) is 24.3 Å². The molecule has 0 aliphatic heterocycles. The van der Waals surface area contributed by atoms with Gasteiger partial charge in [-0.1, -0.05) is 42.5 Å². The Hall–Kier alpha value is -2.99. The second-order valence-corrected chi connectivity index (χ2v) is 7.15. The highest BCUT2D eigenvalue weighted by molar-refractivity contribution is 7.16. The smallest absolute Gasteiger partial charge is 0.286 e. The lowest BCUT2D eigenvalue weighted by atomic mass is 10.1. The monoisotopic (exact) mass is 378 g/mol. The highest BCUT2D eigenvalue weighted by Gasteiger charge is 2.15. The van der Waals surface area contributed by atoms with Crippen molar-refractivity contribution in [1.82, 2.24) is 4.57 Å². The lowest BCUT2D eigenvalue weighted by Crippen LogP contribution is -2.19. The van der Waals surface area contributed by atoms with E-state index < -0.39 is 5.91 Å². The second kappa shape index (κ2) is 6.96. The van der Waals surface area contributed by atoms with Crippen molar-refractivity contribution in [2.45, 2.75) is 26.8 Å². The summed E-state index contributed by atoms with van der Waals surface area (Å²) in [5.41, 5.74) is 2.36. The van der Waals surface area contributed by atoms with Crippen molar-refractivity contribution in [3.05, 3.63) is 74.9 Å². The highest BCUT2D eigenvalue weighted by atomic mass is 32.1. The first-order valence-electron chi connectivity index (χ1n) is 8.84. The number of benzene rings is 2. The predicted octanol–water partition coefficient (Wildman–Crippen LogP) is 4.13. The Kier molecular flexibility index (Phi) is 4.49. The van der Waals surface area contributed by atoms with E-state index >= 15 is 0 Å². The van der Waals surface area contributed by atoms with Gasteiger partial charge in [-0.2, -0.15) is 4.99 Å². The Morgan fingerprint density at radius 1 is 1.15 bits per heavy atom. The van der Waals surface area contributed by atoms with Gasteiger partial charge in [0.15, 0.2) is 4.80 Å². The van der Waals surface area contributed by atoms with Crippen molar-refractivity contribution in [1.29, 1.82) is 0 Å². The minimum Gasteiger partial charge on any atom is -0.463 e. The van der Waals surface area contributed by atoms with Crippen LogP contribution in [0.3, 0.4) is 0 Å². The van der Waals surface area contributed by atoms with E-state index in [0.29, 0.717) is 22.3 Å². The maximum absolute atomic E-state index is 12.7. The van der Waals surface area contributed by atoms with Crippen LogP contribution in [0.1, 0.15) is 29.8 Å². The van der Waals surface area contributed by atoms with Gasteiger partial charge in [-0.25, -0.2) is 0 Å². The summed E-state index contributed by atoms with van der Waals surface area (Å²) in [4.78, 5) is 30.2. The van der Waals surface area contributed by atoms with Gasteiger partial charge in [0.05, 0.1) is 15.6 Å². The SMILES string of the molecule is CCc1cccc2sc(=NC(=O)c3coc4ccccc4c3=O)n(CC)c12. The van der Waals surface area contributed by atoms with E-state index in [1.165, 1.54) is 23.2 Å². The third-order valence-electron chi connectivity index (χ3n) is 4.59. The molecule has 6 heteroatoms. The molecule has 0 fully saturated rings. The third kappa shape index (κ3) is 2.92. The molecule has 0 N–H and O–H groups in total. The minimum atomic E-state index is -0.582. The van der Waals surface area contributed by atoms with Gasteiger partial charge >= 0.3 is 0 Å². The zero-order valence-electron chi connectivity index (χ0n) is 15.1. The lowest BCUT2D eigenvalue weighted by molar-refractivity contribution is 0.0995.